The van der Waals surface area contributed by atoms with Crippen molar-refractivity contribution < 1.29 is 9.32 Å². The zero-order valence-corrected chi connectivity index (χ0v) is 14.8. The van der Waals surface area contributed by atoms with Crippen molar-refractivity contribution in [1.82, 2.24) is 20.4 Å². The fourth-order valence-electron chi connectivity index (χ4n) is 3.18. The van der Waals surface area contributed by atoms with Crippen LogP contribution in [-0.4, -0.2) is 47.1 Å². The zero-order valence-electron chi connectivity index (χ0n) is 14.8. The summed E-state index contributed by atoms with van der Waals surface area (Å²) in [6.45, 7) is 5.52. The molecule has 3 rings (SSSR count). The third kappa shape index (κ3) is 4.89. The fourth-order valence-corrected chi connectivity index (χ4v) is 3.18. The number of amides is 1. The van der Waals surface area contributed by atoms with Crippen LogP contribution in [0.5, 0.6) is 0 Å². The number of nitrogens with one attached hydrogen (secondary N) is 1. The maximum Gasteiger partial charge on any atom is 0.228 e. The summed E-state index contributed by atoms with van der Waals surface area (Å²) >= 11 is 0. The molecule has 1 aromatic carbocycles. The van der Waals surface area contributed by atoms with Crippen molar-refractivity contribution in [3.8, 4) is 11.4 Å². The van der Waals surface area contributed by atoms with E-state index in [4.69, 9.17) is 4.52 Å². The van der Waals surface area contributed by atoms with Crippen molar-refractivity contribution in [3.63, 3.8) is 0 Å². The maximum absolute atomic E-state index is 12.2. The van der Waals surface area contributed by atoms with Crippen molar-refractivity contribution in [2.24, 2.45) is 5.92 Å². The summed E-state index contributed by atoms with van der Waals surface area (Å²) in [6, 6.07) is 9.83. The van der Waals surface area contributed by atoms with Gasteiger partial charge >= 0.3 is 0 Å². The molecular weight excluding hydrogens is 316 g/mol. The Balaban J connectivity index is 1.50. The Bertz CT molecular complexity index is 671. The normalized spacial score (nSPS) is 18.2. The molecule has 1 N–H and O–H groups in total. The molecule has 1 amide bonds. The van der Waals surface area contributed by atoms with Crippen LogP contribution in [0.4, 0.5) is 0 Å². The summed E-state index contributed by atoms with van der Waals surface area (Å²) in [7, 11) is 0. The van der Waals surface area contributed by atoms with Gasteiger partial charge in [0.15, 0.2) is 0 Å². The molecule has 1 unspecified atom stereocenters. The Labute approximate surface area is 148 Å². The van der Waals surface area contributed by atoms with Gasteiger partial charge in [-0.2, -0.15) is 4.98 Å². The number of carbonyl (C=O) groups is 1. The molecule has 1 atom stereocenters. The molecular formula is C19H26N4O2. The van der Waals surface area contributed by atoms with Crippen LogP contribution < -0.4 is 5.32 Å². The molecule has 1 aliphatic rings. The Hall–Kier alpha value is -2.21. The summed E-state index contributed by atoms with van der Waals surface area (Å²) in [5.74, 6) is 1.57. The highest BCUT2D eigenvalue weighted by Gasteiger charge is 2.25. The van der Waals surface area contributed by atoms with Crippen LogP contribution in [0.15, 0.2) is 34.9 Å². The molecule has 0 aliphatic carbocycles. The van der Waals surface area contributed by atoms with E-state index in [0.717, 1.165) is 51.0 Å². The average molecular weight is 342 g/mol. The van der Waals surface area contributed by atoms with E-state index >= 15 is 0 Å². The number of hydrogen-bond acceptors (Lipinski definition) is 5. The number of nitrogens with zero attached hydrogens (tertiary/aromatic N) is 3. The molecule has 1 aliphatic heterocycles. The standard InChI is InChI=1S/C19H26N4O2/c1-2-11-20-19(24)16-9-6-12-23(14-16)13-10-17-21-18(22-25-17)15-7-4-3-5-8-15/h3-5,7-8,16H,2,6,9-14H2,1H3,(H,20,24). The molecule has 6 heteroatoms. The smallest absolute Gasteiger partial charge is 0.228 e. The first kappa shape index (κ1) is 17.6. The molecule has 0 bridgehead atoms. The summed E-state index contributed by atoms with van der Waals surface area (Å²) in [6.07, 6.45) is 3.72. The number of hydrogen-bond donors (Lipinski definition) is 1. The topological polar surface area (TPSA) is 71.3 Å². The van der Waals surface area contributed by atoms with E-state index in [9.17, 15) is 4.79 Å². The van der Waals surface area contributed by atoms with E-state index in [1.807, 2.05) is 30.3 Å². The largest absolute Gasteiger partial charge is 0.356 e. The van der Waals surface area contributed by atoms with Gasteiger partial charge in [-0.3, -0.25) is 4.79 Å². The first-order chi connectivity index (χ1) is 12.3. The predicted molar refractivity (Wildman–Crippen MR) is 95.9 cm³/mol. The third-order valence-electron chi connectivity index (χ3n) is 4.57. The molecule has 25 heavy (non-hydrogen) atoms. The second-order valence-corrected chi connectivity index (χ2v) is 6.56. The second-order valence-electron chi connectivity index (χ2n) is 6.56. The molecule has 1 fully saturated rings. The molecule has 0 spiro atoms. The van der Waals surface area contributed by atoms with Crippen LogP contribution in [0, 0.1) is 5.92 Å². The van der Waals surface area contributed by atoms with Gasteiger partial charge in [-0.15, -0.1) is 0 Å². The number of carbonyl (C=O) groups excluding carboxylic acids is 1. The van der Waals surface area contributed by atoms with E-state index in [-0.39, 0.29) is 11.8 Å². The van der Waals surface area contributed by atoms with Crippen LogP contribution in [0.25, 0.3) is 11.4 Å². The number of piperidine rings is 1. The average Bonchev–Trinajstić information content (AvgIpc) is 3.14. The summed E-state index contributed by atoms with van der Waals surface area (Å²) < 4.78 is 5.37. The third-order valence-corrected chi connectivity index (χ3v) is 4.57. The minimum absolute atomic E-state index is 0.0999. The summed E-state index contributed by atoms with van der Waals surface area (Å²) in [4.78, 5) is 19.0. The number of aromatic nitrogens is 2. The van der Waals surface area contributed by atoms with E-state index in [0.29, 0.717) is 18.1 Å². The van der Waals surface area contributed by atoms with Gasteiger partial charge in [-0.25, -0.2) is 0 Å². The first-order valence-corrected chi connectivity index (χ1v) is 9.14. The molecule has 1 aromatic heterocycles. The van der Waals surface area contributed by atoms with Crippen LogP contribution in [0.2, 0.25) is 0 Å². The Morgan fingerprint density at radius 2 is 2.20 bits per heavy atom. The maximum atomic E-state index is 12.2. The van der Waals surface area contributed by atoms with E-state index in [2.05, 4.69) is 27.3 Å². The molecule has 6 nitrogen and oxygen atoms in total. The molecule has 0 saturated carbocycles. The molecule has 2 aromatic rings. The molecule has 2 heterocycles. The lowest BCUT2D eigenvalue weighted by atomic mass is 9.97. The number of rotatable bonds is 7. The zero-order chi connectivity index (χ0) is 17.5. The van der Waals surface area contributed by atoms with Crippen LogP contribution in [0.1, 0.15) is 32.1 Å². The first-order valence-electron chi connectivity index (χ1n) is 9.14. The quantitative estimate of drug-likeness (QED) is 0.837. The van der Waals surface area contributed by atoms with Crippen LogP contribution >= 0.6 is 0 Å². The van der Waals surface area contributed by atoms with E-state index < -0.39 is 0 Å². The lowest BCUT2D eigenvalue weighted by molar-refractivity contribution is -0.126. The Kier molecular flexibility index (Phi) is 6.17. The van der Waals surface area contributed by atoms with Gasteiger partial charge in [-0.05, 0) is 25.8 Å². The van der Waals surface area contributed by atoms with Crippen molar-refractivity contribution in [3.05, 3.63) is 36.2 Å². The Morgan fingerprint density at radius 1 is 1.36 bits per heavy atom. The van der Waals surface area contributed by atoms with Crippen molar-refractivity contribution in [2.45, 2.75) is 32.6 Å². The highest BCUT2D eigenvalue weighted by atomic mass is 16.5. The minimum atomic E-state index is 0.0999. The van der Waals surface area contributed by atoms with Gasteiger partial charge in [0.1, 0.15) is 0 Å². The minimum Gasteiger partial charge on any atom is -0.356 e. The highest BCUT2D eigenvalue weighted by Crippen LogP contribution is 2.18. The van der Waals surface area contributed by atoms with Gasteiger partial charge in [0.25, 0.3) is 0 Å². The second kappa shape index (κ2) is 8.76. The van der Waals surface area contributed by atoms with E-state index in [1.165, 1.54) is 0 Å². The lowest BCUT2D eigenvalue weighted by Gasteiger charge is -2.31. The molecule has 134 valence electrons. The van der Waals surface area contributed by atoms with Gasteiger partial charge in [0.2, 0.25) is 17.6 Å². The van der Waals surface area contributed by atoms with Gasteiger partial charge < -0.3 is 14.7 Å². The molecule has 1 saturated heterocycles. The van der Waals surface area contributed by atoms with Crippen LogP contribution in [0.3, 0.4) is 0 Å². The van der Waals surface area contributed by atoms with Gasteiger partial charge in [0, 0.05) is 31.6 Å². The molecule has 0 radical (unpaired) electrons. The van der Waals surface area contributed by atoms with Gasteiger partial charge in [0.05, 0.1) is 5.92 Å². The van der Waals surface area contributed by atoms with Crippen molar-refractivity contribution >= 4 is 5.91 Å². The monoisotopic (exact) mass is 342 g/mol. The van der Waals surface area contributed by atoms with Crippen molar-refractivity contribution in [2.75, 3.05) is 26.2 Å². The Morgan fingerprint density at radius 3 is 3.00 bits per heavy atom. The van der Waals surface area contributed by atoms with E-state index in [1.54, 1.807) is 0 Å². The predicted octanol–water partition coefficient (Wildman–Crippen LogP) is 2.52. The summed E-state index contributed by atoms with van der Waals surface area (Å²) in [5.41, 5.74) is 0.961. The lowest BCUT2D eigenvalue weighted by Crippen LogP contribution is -2.43. The van der Waals surface area contributed by atoms with Crippen LogP contribution in [-0.2, 0) is 11.2 Å². The fraction of sp³-hybridized carbons (Fsp3) is 0.526. The van der Waals surface area contributed by atoms with Gasteiger partial charge in [-0.1, -0.05) is 42.4 Å². The number of likely N-dealkylation sites (tertiary alicyclic amines) is 1. The van der Waals surface area contributed by atoms with Crippen molar-refractivity contribution in [1.29, 1.82) is 0 Å². The number of benzene rings is 1. The SMILES string of the molecule is CCCNC(=O)C1CCCN(CCc2nc(-c3ccccc3)no2)C1. The highest BCUT2D eigenvalue weighted by molar-refractivity contribution is 5.78. The summed E-state index contributed by atoms with van der Waals surface area (Å²) in [5, 5.41) is 7.07.